The zero-order valence-electron chi connectivity index (χ0n) is 14.2. The molecular weight excluding hydrogens is 336 g/mol. The van der Waals surface area contributed by atoms with Crippen molar-refractivity contribution >= 4 is 17.2 Å². The van der Waals surface area contributed by atoms with Gasteiger partial charge in [0, 0.05) is 24.7 Å². The summed E-state index contributed by atoms with van der Waals surface area (Å²) in [7, 11) is 1.64. The van der Waals surface area contributed by atoms with Crippen LogP contribution in [0.1, 0.15) is 23.2 Å². The molecule has 0 saturated carbocycles. The molecule has 3 heterocycles. The highest BCUT2D eigenvalue weighted by Gasteiger charge is 2.32. The van der Waals surface area contributed by atoms with Gasteiger partial charge in [0.25, 0.3) is 5.91 Å². The Morgan fingerprint density at radius 1 is 1.16 bits per heavy atom. The highest BCUT2D eigenvalue weighted by atomic mass is 32.1. The molecule has 3 atom stereocenters. The minimum atomic E-state index is -0.00292. The molecule has 1 unspecified atom stereocenters. The summed E-state index contributed by atoms with van der Waals surface area (Å²) < 4.78 is 10.9. The van der Waals surface area contributed by atoms with E-state index in [0.717, 1.165) is 29.0 Å². The van der Waals surface area contributed by atoms with E-state index < -0.39 is 0 Å². The Balaban J connectivity index is 1.35. The lowest BCUT2D eigenvalue weighted by atomic mass is 9.96. The van der Waals surface area contributed by atoms with Crippen LogP contribution in [0.15, 0.2) is 36.4 Å². The predicted molar refractivity (Wildman–Crippen MR) is 97.8 cm³/mol. The Morgan fingerprint density at radius 3 is 2.68 bits per heavy atom. The van der Waals surface area contributed by atoms with E-state index in [2.05, 4.69) is 10.2 Å². The predicted octanol–water partition coefficient (Wildman–Crippen LogP) is 3.37. The van der Waals surface area contributed by atoms with Gasteiger partial charge in [-0.1, -0.05) is 11.3 Å². The molecule has 2 saturated heterocycles. The first-order chi connectivity index (χ1) is 12.2. The minimum absolute atomic E-state index is 0.00292. The molecule has 2 fully saturated rings. The number of nitrogens with zero attached hydrogens (tertiary/aromatic N) is 1. The number of hydrogen-bond donors (Lipinski definition) is 1. The molecule has 0 aliphatic carbocycles. The van der Waals surface area contributed by atoms with E-state index in [1.54, 1.807) is 7.11 Å². The number of carbonyl (C=O) groups is 1. The Morgan fingerprint density at radius 2 is 1.96 bits per heavy atom. The third-order valence-electron chi connectivity index (χ3n) is 4.89. The van der Waals surface area contributed by atoms with Crippen LogP contribution in [-0.4, -0.2) is 43.6 Å². The van der Waals surface area contributed by atoms with Crippen molar-refractivity contribution in [2.24, 2.45) is 5.92 Å². The van der Waals surface area contributed by atoms with Crippen molar-refractivity contribution in [3.05, 3.63) is 42.0 Å². The monoisotopic (exact) mass is 358 g/mol. The second-order valence-corrected chi connectivity index (χ2v) is 7.73. The van der Waals surface area contributed by atoms with Crippen molar-refractivity contribution in [1.82, 2.24) is 10.2 Å². The second kappa shape index (κ2) is 7.06. The SMILES string of the molecule is COc1ccc(Oc2ccc(C(=O)N[C@@H]3C[C@@H]4CCN(C4)C3)cc2)s1. The number of nitrogens with one attached hydrogen (secondary N) is 1. The minimum Gasteiger partial charge on any atom is -0.487 e. The summed E-state index contributed by atoms with van der Waals surface area (Å²) in [6, 6.07) is 11.3. The second-order valence-electron chi connectivity index (χ2n) is 6.72. The average molecular weight is 358 g/mol. The van der Waals surface area contributed by atoms with Crippen LogP contribution in [0, 0.1) is 5.92 Å². The topological polar surface area (TPSA) is 50.8 Å². The number of benzene rings is 1. The standard InChI is InChI=1S/C19H22N2O3S/c1-23-17-6-7-18(25-17)24-16-4-2-14(3-5-16)19(22)20-15-10-13-8-9-21(11-13)12-15/h2-7,13,15H,8-12H2,1H3,(H,20,22)/t13-,15+/m0/s1. The normalized spacial score (nSPS) is 24.8. The van der Waals surface area contributed by atoms with E-state index in [-0.39, 0.29) is 11.9 Å². The molecule has 0 radical (unpaired) electrons. The molecule has 6 heteroatoms. The largest absolute Gasteiger partial charge is 0.487 e. The maximum atomic E-state index is 12.5. The molecule has 1 aromatic heterocycles. The van der Waals surface area contributed by atoms with Crippen LogP contribution in [-0.2, 0) is 0 Å². The smallest absolute Gasteiger partial charge is 0.251 e. The van der Waals surface area contributed by atoms with E-state index in [4.69, 9.17) is 9.47 Å². The molecule has 1 amide bonds. The number of fused-ring (bicyclic) bond motifs is 2. The van der Waals surface area contributed by atoms with Gasteiger partial charge in [0.05, 0.1) is 7.11 Å². The summed E-state index contributed by atoms with van der Waals surface area (Å²) in [5.74, 6) is 1.46. The van der Waals surface area contributed by atoms with Crippen molar-refractivity contribution < 1.29 is 14.3 Å². The van der Waals surface area contributed by atoms with E-state index in [1.807, 2.05) is 36.4 Å². The van der Waals surface area contributed by atoms with Gasteiger partial charge in [-0.3, -0.25) is 4.79 Å². The van der Waals surface area contributed by atoms with Gasteiger partial charge in [-0.2, -0.15) is 0 Å². The summed E-state index contributed by atoms with van der Waals surface area (Å²) >= 11 is 1.44. The fraction of sp³-hybridized carbons (Fsp3) is 0.421. The van der Waals surface area contributed by atoms with Crippen molar-refractivity contribution in [3.8, 4) is 15.9 Å². The summed E-state index contributed by atoms with van der Waals surface area (Å²) in [6.07, 6.45) is 2.37. The molecule has 132 valence electrons. The fourth-order valence-corrected chi connectivity index (χ4v) is 4.38. The number of amides is 1. The molecule has 2 bridgehead atoms. The van der Waals surface area contributed by atoms with Crippen LogP contribution in [0.3, 0.4) is 0 Å². The zero-order chi connectivity index (χ0) is 17.2. The van der Waals surface area contributed by atoms with E-state index in [1.165, 1.54) is 30.8 Å². The Labute approximate surface area is 151 Å². The summed E-state index contributed by atoms with van der Waals surface area (Å²) in [5, 5.41) is 4.75. The number of hydrogen-bond acceptors (Lipinski definition) is 5. The van der Waals surface area contributed by atoms with Crippen LogP contribution in [0.4, 0.5) is 0 Å². The molecule has 0 spiro atoms. The van der Waals surface area contributed by atoms with Crippen molar-refractivity contribution in [1.29, 1.82) is 0 Å². The molecule has 2 aliphatic heterocycles. The van der Waals surface area contributed by atoms with Gasteiger partial charge in [-0.25, -0.2) is 0 Å². The lowest BCUT2D eigenvalue weighted by Gasteiger charge is -2.30. The molecule has 4 rings (SSSR count). The van der Waals surface area contributed by atoms with Crippen molar-refractivity contribution in [2.75, 3.05) is 26.7 Å². The van der Waals surface area contributed by atoms with Crippen LogP contribution in [0.25, 0.3) is 0 Å². The average Bonchev–Trinajstić information content (AvgIpc) is 3.21. The highest BCUT2D eigenvalue weighted by Crippen LogP contribution is 2.34. The van der Waals surface area contributed by atoms with Gasteiger partial charge in [-0.15, -0.1) is 0 Å². The third-order valence-corrected chi connectivity index (χ3v) is 5.82. The molecule has 1 N–H and O–H groups in total. The molecule has 2 aliphatic rings. The highest BCUT2D eigenvalue weighted by molar-refractivity contribution is 7.15. The van der Waals surface area contributed by atoms with Crippen LogP contribution in [0.5, 0.6) is 15.9 Å². The van der Waals surface area contributed by atoms with E-state index >= 15 is 0 Å². The molecule has 1 aromatic carbocycles. The van der Waals surface area contributed by atoms with E-state index in [0.29, 0.717) is 11.3 Å². The Kier molecular flexibility index (Phi) is 4.63. The number of carbonyl (C=O) groups excluding carboxylic acids is 1. The first kappa shape index (κ1) is 16.4. The quantitative estimate of drug-likeness (QED) is 0.890. The van der Waals surface area contributed by atoms with E-state index in [9.17, 15) is 4.79 Å². The molecule has 25 heavy (non-hydrogen) atoms. The lowest BCUT2D eigenvalue weighted by molar-refractivity contribution is 0.0909. The number of piperidine rings is 1. The Hall–Kier alpha value is -2.05. The number of methoxy groups -OCH3 is 1. The van der Waals surface area contributed by atoms with Gasteiger partial charge >= 0.3 is 0 Å². The first-order valence-corrected chi connectivity index (χ1v) is 9.46. The van der Waals surface area contributed by atoms with Gasteiger partial charge in [0.2, 0.25) is 0 Å². The lowest BCUT2D eigenvalue weighted by Crippen LogP contribution is -2.46. The van der Waals surface area contributed by atoms with Crippen LogP contribution >= 0.6 is 11.3 Å². The first-order valence-electron chi connectivity index (χ1n) is 8.64. The zero-order valence-corrected chi connectivity index (χ0v) is 15.1. The van der Waals surface area contributed by atoms with Crippen LogP contribution in [0.2, 0.25) is 0 Å². The number of rotatable bonds is 5. The molecule has 2 aromatic rings. The summed E-state index contributed by atoms with van der Waals surface area (Å²) in [6.45, 7) is 3.35. The van der Waals surface area contributed by atoms with Gasteiger partial charge in [0.15, 0.2) is 10.1 Å². The third kappa shape index (κ3) is 3.80. The Bertz CT molecular complexity index is 731. The maximum absolute atomic E-state index is 12.5. The summed E-state index contributed by atoms with van der Waals surface area (Å²) in [5.41, 5.74) is 0.670. The molecular formula is C19H22N2O3S. The van der Waals surface area contributed by atoms with Crippen LogP contribution < -0.4 is 14.8 Å². The van der Waals surface area contributed by atoms with Crippen molar-refractivity contribution in [3.63, 3.8) is 0 Å². The summed E-state index contributed by atoms with van der Waals surface area (Å²) in [4.78, 5) is 14.9. The van der Waals surface area contributed by atoms with Gasteiger partial charge < -0.3 is 19.7 Å². The molecule has 5 nitrogen and oxygen atoms in total. The fourth-order valence-electron chi connectivity index (χ4n) is 3.69. The number of ether oxygens (including phenoxy) is 2. The van der Waals surface area contributed by atoms with Crippen molar-refractivity contribution in [2.45, 2.75) is 18.9 Å². The van der Waals surface area contributed by atoms with Gasteiger partial charge in [0.1, 0.15) is 5.75 Å². The maximum Gasteiger partial charge on any atom is 0.251 e. The number of thiophene rings is 1. The van der Waals surface area contributed by atoms with Gasteiger partial charge in [-0.05, 0) is 61.7 Å².